The predicted octanol–water partition coefficient (Wildman–Crippen LogP) is 1.93. The van der Waals surface area contributed by atoms with Gasteiger partial charge in [0, 0.05) is 6.42 Å². The Morgan fingerprint density at radius 2 is 1.72 bits per heavy atom. The third kappa shape index (κ3) is 2.11. The lowest BCUT2D eigenvalue weighted by atomic mass is 10.1. The van der Waals surface area contributed by atoms with Gasteiger partial charge in [-0.1, -0.05) is 30.5 Å². The molecule has 0 radical (unpaired) electrons. The van der Waals surface area contributed by atoms with E-state index in [0.29, 0.717) is 11.5 Å². The number of nitrogens with zero attached hydrogens (tertiary/aromatic N) is 1. The van der Waals surface area contributed by atoms with Crippen molar-refractivity contribution in [3.63, 3.8) is 0 Å². The summed E-state index contributed by atoms with van der Waals surface area (Å²) in [4.78, 5) is 39.9. The summed E-state index contributed by atoms with van der Waals surface area (Å²) < 4.78 is 0. The van der Waals surface area contributed by atoms with Gasteiger partial charge in [0.2, 0.25) is 0 Å². The van der Waals surface area contributed by atoms with Crippen molar-refractivity contribution in [1.29, 1.82) is 0 Å². The predicted molar refractivity (Wildman–Crippen MR) is 62.6 cm³/mol. The van der Waals surface area contributed by atoms with Gasteiger partial charge in [0.1, 0.15) is 0 Å². The second-order valence-corrected chi connectivity index (χ2v) is 4.02. The third-order valence-electron chi connectivity index (χ3n) is 2.68. The standard InChI is InChI=1S/C13H13NO4/c1-2-3-8-11(15)18-14-12(16)9-6-4-5-7-10(9)13(14)17/h4-7H,2-3,8H2,1H3. The average Bonchev–Trinajstić information content (AvgIpc) is 2.62. The van der Waals surface area contributed by atoms with Crippen LogP contribution in [0.25, 0.3) is 0 Å². The van der Waals surface area contributed by atoms with Crippen molar-refractivity contribution in [2.45, 2.75) is 26.2 Å². The summed E-state index contributed by atoms with van der Waals surface area (Å²) in [6.45, 7) is 1.94. The Labute approximate surface area is 104 Å². The van der Waals surface area contributed by atoms with Gasteiger partial charge in [0.05, 0.1) is 11.1 Å². The second-order valence-electron chi connectivity index (χ2n) is 4.02. The van der Waals surface area contributed by atoms with E-state index in [-0.39, 0.29) is 17.5 Å². The highest BCUT2D eigenvalue weighted by Crippen LogP contribution is 2.22. The van der Waals surface area contributed by atoms with Crippen LogP contribution in [-0.4, -0.2) is 22.8 Å². The minimum absolute atomic E-state index is 0.198. The maximum absolute atomic E-state index is 11.8. The highest BCUT2D eigenvalue weighted by atomic mass is 16.7. The van der Waals surface area contributed by atoms with Crippen molar-refractivity contribution >= 4 is 17.8 Å². The minimum Gasteiger partial charge on any atom is -0.330 e. The molecular weight excluding hydrogens is 234 g/mol. The molecule has 0 bridgehead atoms. The molecule has 5 heteroatoms. The monoisotopic (exact) mass is 247 g/mol. The first kappa shape index (κ1) is 12.3. The Bertz CT molecular complexity index is 474. The molecule has 0 spiro atoms. The second kappa shape index (κ2) is 5.00. The van der Waals surface area contributed by atoms with Crippen molar-refractivity contribution in [2.24, 2.45) is 0 Å². The lowest BCUT2D eigenvalue weighted by Crippen LogP contribution is -2.32. The lowest BCUT2D eigenvalue weighted by Gasteiger charge is -2.12. The summed E-state index contributed by atoms with van der Waals surface area (Å²) in [6, 6.07) is 6.39. The number of benzene rings is 1. The molecule has 1 aliphatic rings. The van der Waals surface area contributed by atoms with Crippen molar-refractivity contribution in [3.8, 4) is 0 Å². The maximum Gasteiger partial charge on any atom is 0.333 e. The van der Waals surface area contributed by atoms with Gasteiger partial charge >= 0.3 is 5.97 Å². The maximum atomic E-state index is 11.8. The number of unbranched alkanes of at least 4 members (excludes halogenated alkanes) is 1. The molecule has 1 heterocycles. The normalized spacial score (nSPS) is 13.7. The average molecular weight is 247 g/mol. The van der Waals surface area contributed by atoms with Gasteiger partial charge in [-0.2, -0.15) is 0 Å². The van der Waals surface area contributed by atoms with Crippen LogP contribution in [0.3, 0.4) is 0 Å². The molecule has 0 saturated carbocycles. The Kier molecular flexibility index (Phi) is 3.41. The Morgan fingerprint density at radius 1 is 1.17 bits per heavy atom. The van der Waals surface area contributed by atoms with E-state index in [9.17, 15) is 14.4 Å². The summed E-state index contributed by atoms with van der Waals surface area (Å²) >= 11 is 0. The highest BCUT2D eigenvalue weighted by Gasteiger charge is 2.38. The van der Waals surface area contributed by atoms with Gasteiger partial charge in [-0.05, 0) is 18.6 Å². The Morgan fingerprint density at radius 3 is 2.22 bits per heavy atom. The first-order valence-corrected chi connectivity index (χ1v) is 5.83. The molecule has 0 fully saturated rings. The van der Waals surface area contributed by atoms with Crippen molar-refractivity contribution in [2.75, 3.05) is 0 Å². The van der Waals surface area contributed by atoms with E-state index in [1.165, 1.54) is 12.1 Å². The number of rotatable bonds is 4. The van der Waals surface area contributed by atoms with Gasteiger partial charge < -0.3 is 4.84 Å². The van der Waals surface area contributed by atoms with E-state index in [0.717, 1.165) is 6.42 Å². The molecule has 0 N–H and O–H groups in total. The van der Waals surface area contributed by atoms with Gasteiger partial charge in [0.15, 0.2) is 0 Å². The molecule has 0 saturated heterocycles. The molecule has 1 aromatic carbocycles. The Hall–Kier alpha value is -2.17. The van der Waals surface area contributed by atoms with Gasteiger partial charge in [-0.25, -0.2) is 4.79 Å². The molecule has 0 unspecified atom stereocenters. The third-order valence-corrected chi connectivity index (χ3v) is 2.68. The molecule has 2 rings (SSSR count). The number of hydroxylamine groups is 2. The topological polar surface area (TPSA) is 63.7 Å². The minimum atomic E-state index is -0.583. The molecule has 1 aromatic rings. The first-order valence-electron chi connectivity index (χ1n) is 5.83. The number of hydrogen-bond acceptors (Lipinski definition) is 4. The van der Waals surface area contributed by atoms with E-state index >= 15 is 0 Å². The zero-order valence-corrected chi connectivity index (χ0v) is 10.0. The summed E-state index contributed by atoms with van der Waals surface area (Å²) in [5.41, 5.74) is 0.539. The Balaban J connectivity index is 2.11. The fraction of sp³-hybridized carbons (Fsp3) is 0.308. The molecule has 18 heavy (non-hydrogen) atoms. The number of amides is 2. The first-order chi connectivity index (χ1) is 8.65. The summed E-state index contributed by atoms with van der Waals surface area (Å²) in [5, 5.41) is 0.544. The van der Waals surface area contributed by atoms with E-state index < -0.39 is 17.8 Å². The molecule has 0 atom stereocenters. The van der Waals surface area contributed by atoms with Crippen LogP contribution < -0.4 is 0 Å². The molecule has 0 aromatic heterocycles. The molecule has 1 aliphatic heterocycles. The van der Waals surface area contributed by atoms with Crippen LogP contribution in [0.4, 0.5) is 0 Å². The van der Waals surface area contributed by atoms with Gasteiger partial charge in [-0.15, -0.1) is 0 Å². The fourth-order valence-electron chi connectivity index (χ4n) is 1.72. The summed E-state index contributed by atoms with van der Waals surface area (Å²) in [6.07, 6.45) is 1.71. The van der Waals surface area contributed by atoms with Crippen molar-refractivity contribution in [3.05, 3.63) is 35.4 Å². The number of imide groups is 1. The van der Waals surface area contributed by atoms with Crippen molar-refractivity contribution in [1.82, 2.24) is 5.06 Å². The van der Waals surface area contributed by atoms with Crippen LogP contribution in [0.5, 0.6) is 0 Å². The van der Waals surface area contributed by atoms with Crippen LogP contribution in [0.15, 0.2) is 24.3 Å². The summed E-state index contributed by atoms with van der Waals surface area (Å²) in [5.74, 6) is -1.73. The lowest BCUT2D eigenvalue weighted by molar-refractivity contribution is -0.168. The summed E-state index contributed by atoms with van der Waals surface area (Å²) in [7, 11) is 0. The van der Waals surface area contributed by atoms with Crippen LogP contribution in [-0.2, 0) is 9.63 Å². The number of carbonyl (C=O) groups excluding carboxylic acids is 3. The van der Waals surface area contributed by atoms with Crippen molar-refractivity contribution < 1.29 is 19.2 Å². The molecule has 2 amide bonds. The number of fused-ring (bicyclic) bond motifs is 1. The fourth-order valence-corrected chi connectivity index (χ4v) is 1.72. The van der Waals surface area contributed by atoms with E-state index in [1.54, 1.807) is 12.1 Å². The number of hydrogen-bond donors (Lipinski definition) is 0. The molecule has 5 nitrogen and oxygen atoms in total. The van der Waals surface area contributed by atoms with Crippen LogP contribution in [0.1, 0.15) is 46.9 Å². The molecular formula is C13H13NO4. The van der Waals surface area contributed by atoms with E-state index in [4.69, 9.17) is 4.84 Å². The van der Waals surface area contributed by atoms with E-state index in [1.807, 2.05) is 6.92 Å². The van der Waals surface area contributed by atoms with E-state index in [2.05, 4.69) is 0 Å². The highest BCUT2D eigenvalue weighted by molar-refractivity contribution is 6.20. The zero-order valence-electron chi connectivity index (χ0n) is 10.0. The largest absolute Gasteiger partial charge is 0.333 e. The number of carbonyl (C=O) groups is 3. The quantitative estimate of drug-likeness (QED) is 0.762. The van der Waals surface area contributed by atoms with Crippen LogP contribution in [0.2, 0.25) is 0 Å². The smallest absolute Gasteiger partial charge is 0.330 e. The molecule has 94 valence electrons. The van der Waals surface area contributed by atoms with Crippen LogP contribution in [0, 0.1) is 0 Å². The SMILES string of the molecule is CCCCC(=O)ON1C(=O)c2ccccc2C1=O. The molecule has 0 aliphatic carbocycles. The zero-order chi connectivity index (χ0) is 13.1. The van der Waals surface area contributed by atoms with Gasteiger partial charge in [0.25, 0.3) is 11.8 Å². The van der Waals surface area contributed by atoms with Gasteiger partial charge in [-0.3, -0.25) is 9.59 Å². The van der Waals surface area contributed by atoms with Crippen LogP contribution >= 0.6 is 0 Å².